The van der Waals surface area contributed by atoms with Crippen LogP contribution in [-0.4, -0.2) is 27.1 Å². The van der Waals surface area contributed by atoms with Crippen LogP contribution < -0.4 is 0 Å². The molecule has 0 atom stereocenters. The van der Waals surface area contributed by atoms with Crippen LogP contribution in [0.2, 0.25) is 0 Å². The number of carbonyl (C=O) groups is 1. The largest absolute Gasteiger partial charge is 0.333 e. The fourth-order valence-corrected chi connectivity index (χ4v) is 2.29. The van der Waals surface area contributed by atoms with Gasteiger partial charge in [0.1, 0.15) is 0 Å². The molecule has 2 rings (SSSR count). The highest BCUT2D eigenvalue weighted by molar-refractivity contribution is 5.92. The van der Waals surface area contributed by atoms with Crippen molar-refractivity contribution in [3.63, 3.8) is 0 Å². The lowest BCUT2D eigenvalue weighted by molar-refractivity contribution is 0.0716. The number of carbonyl (C=O) groups excluding carboxylic acids is 1. The minimum absolute atomic E-state index is 0.00347. The van der Waals surface area contributed by atoms with Crippen LogP contribution in [0.4, 0.5) is 0 Å². The smallest absolute Gasteiger partial charge is 0.274 e. The van der Waals surface area contributed by atoms with Gasteiger partial charge in [0.15, 0.2) is 5.69 Å². The van der Waals surface area contributed by atoms with Crippen LogP contribution in [0.15, 0.2) is 36.4 Å². The zero-order valence-electron chi connectivity index (χ0n) is 13.2. The topological polar surface area (TPSA) is 38.1 Å². The molecule has 112 valence electrons. The van der Waals surface area contributed by atoms with Crippen molar-refractivity contribution in [3.8, 4) is 0 Å². The molecule has 0 N–H and O–H groups in total. The summed E-state index contributed by atoms with van der Waals surface area (Å²) in [5, 5.41) is 4.31. The number of amides is 1. The number of nitrogens with zero attached hydrogens (tertiary/aromatic N) is 3. The Labute approximate surface area is 126 Å². The SMILES string of the molecule is Cc1cc(C(=O)N(Cc2ccccc2)CC(C)C)nn1C. The van der Waals surface area contributed by atoms with Crippen molar-refractivity contribution in [1.29, 1.82) is 0 Å². The second kappa shape index (κ2) is 6.57. The summed E-state index contributed by atoms with van der Waals surface area (Å²) in [4.78, 5) is 14.6. The number of aromatic nitrogens is 2. The lowest BCUT2D eigenvalue weighted by atomic mass is 10.1. The third kappa shape index (κ3) is 3.94. The molecule has 0 saturated heterocycles. The van der Waals surface area contributed by atoms with E-state index in [0.717, 1.165) is 17.8 Å². The van der Waals surface area contributed by atoms with E-state index < -0.39 is 0 Å². The van der Waals surface area contributed by atoms with Crippen LogP contribution in [0.3, 0.4) is 0 Å². The average molecular weight is 285 g/mol. The van der Waals surface area contributed by atoms with Gasteiger partial charge in [0.25, 0.3) is 5.91 Å². The van der Waals surface area contributed by atoms with Gasteiger partial charge in [0, 0.05) is 25.8 Å². The summed E-state index contributed by atoms with van der Waals surface area (Å²) in [7, 11) is 1.86. The average Bonchev–Trinajstić information content (AvgIpc) is 2.78. The molecule has 0 bridgehead atoms. The van der Waals surface area contributed by atoms with Crippen LogP contribution >= 0.6 is 0 Å². The van der Waals surface area contributed by atoms with Crippen molar-refractivity contribution in [1.82, 2.24) is 14.7 Å². The summed E-state index contributed by atoms with van der Waals surface area (Å²) in [6, 6.07) is 11.9. The Hall–Kier alpha value is -2.10. The standard InChI is InChI=1S/C17H23N3O/c1-13(2)11-20(12-15-8-6-5-7-9-15)17(21)16-10-14(3)19(4)18-16/h5-10,13H,11-12H2,1-4H3. The molecule has 0 fully saturated rings. The third-order valence-electron chi connectivity index (χ3n) is 3.42. The van der Waals surface area contributed by atoms with Gasteiger partial charge in [-0.15, -0.1) is 0 Å². The Kier molecular flexibility index (Phi) is 4.78. The zero-order chi connectivity index (χ0) is 15.4. The van der Waals surface area contributed by atoms with E-state index in [2.05, 4.69) is 18.9 Å². The molecule has 0 aliphatic rings. The Balaban J connectivity index is 2.20. The molecule has 1 amide bonds. The summed E-state index contributed by atoms with van der Waals surface area (Å²) >= 11 is 0. The van der Waals surface area contributed by atoms with Crippen molar-refractivity contribution in [2.24, 2.45) is 13.0 Å². The van der Waals surface area contributed by atoms with E-state index in [1.165, 1.54) is 0 Å². The Morgan fingerprint density at radius 3 is 2.48 bits per heavy atom. The molecule has 2 aromatic rings. The van der Waals surface area contributed by atoms with Gasteiger partial charge < -0.3 is 4.90 Å². The Morgan fingerprint density at radius 2 is 1.95 bits per heavy atom. The van der Waals surface area contributed by atoms with E-state index in [-0.39, 0.29) is 5.91 Å². The molecule has 21 heavy (non-hydrogen) atoms. The third-order valence-corrected chi connectivity index (χ3v) is 3.42. The van der Waals surface area contributed by atoms with Gasteiger partial charge in [-0.25, -0.2) is 0 Å². The molecule has 1 aromatic carbocycles. The molecule has 0 unspecified atom stereocenters. The highest BCUT2D eigenvalue weighted by atomic mass is 16.2. The first kappa shape index (κ1) is 15.3. The van der Waals surface area contributed by atoms with Crippen molar-refractivity contribution in [2.75, 3.05) is 6.54 Å². The summed E-state index contributed by atoms with van der Waals surface area (Å²) in [6.07, 6.45) is 0. The number of rotatable bonds is 5. The molecule has 1 aromatic heterocycles. The summed E-state index contributed by atoms with van der Waals surface area (Å²) < 4.78 is 1.74. The van der Waals surface area contributed by atoms with Crippen LogP contribution in [0.5, 0.6) is 0 Å². The number of benzene rings is 1. The van der Waals surface area contributed by atoms with E-state index in [9.17, 15) is 4.79 Å². The minimum atomic E-state index is -0.00347. The van der Waals surface area contributed by atoms with Crippen molar-refractivity contribution >= 4 is 5.91 Å². The molecule has 4 heteroatoms. The van der Waals surface area contributed by atoms with E-state index in [0.29, 0.717) is 18.2 Å². The molecular formula is C17H23N3O. The molecule has 4 nitrogen and oxygen atoms in total. The Morgan fingerprint density at radius 1 is 1.29 bits per heavy atom. The quantitative estimate of drug-likeness (QED) is 0.847. The first-order valence-corrected chi connectivity index (χ1v) is 7.31. The second-order valence-electron chi connectivity index (χ2n) is 5.86. The summed E-state index contributed by atoms with van der Waals surface area (Å²) in [6.45, 7) is 7.54. The minimum Gasteiger partial charge on any atom is -0.333 e. The lowest BCUT2D eigenvalue weighted by Crippen LogP contribution is -2.34. The van der Waals surface area contributed by atoms with Gasteiger partial charge in [-0.1, -0.05) is 44.2 Å². The van der Waals surface area contributed by atoms with Gasteiger partial charge in [0.2, 0.25) is 0 Å². The van der Waals surface area contributed by atoms with Gasteiger partial charge >= 0.3 is 0 Å². The second-order valence-corrected chi connectivity index (χ2v) is 5.86. The number of hydrogen-bond acceptors (Lipinski definition) is 2. The van der Waals surface area contributed by atoms with E-state index in [4.69, 9.17) is 0 Å². The van der Waals surface area contributed by atoms with Crippen molar-refractivity contribution < 1.29 is 4.79 Å². The van der Waals surface area contributed by atoms with Crippen molar-refractivity contribution in [3.05, 3.63) is 53.3 Å². The van der Waals surface area contributed by atoms with Crippen LogP contribution in [0.25, 0.3) is 0 Å². The van der Waals surface area contributed by atoms with Gasteiger partial charge in [-0.05, 0) is 24.5 Å². The van der Waals surface area contributed by atoms with Crippen LogP contribution in [0.1, 0.15) is 35.6 Å². The molecular weight excluding hydrogens is 262 g/mol. The Bertz CT molecular complexity index is 582. The molecule has 0 radical (unpaired) electrons. The summed E-state index contributed by atoms with van der Waals surface area (Å²) in [5.74, 6) is 0.415. The number of hydrogen-bond donors (Lipinski definition) is 0. The van der Waals surface area contributed by atoms with Crippen molar-refractivity contribution in [2.45, 2.75) is 27.3 Å². The maximum absolute atomic E-state index is 12.7. The zero-order valence-corrected chi connectivity index (χ0v) is 13.2. The van der Waals surface area contributed by atoms with Gasteiger partial charge in [-0.3, -0.25) is 9.48 Å². The maximum Gasteiger partial charge on any atom is 0.274 e. The maximum atomic E-state index is 12.7. The highest BCUT2D eigenvalue weighted by Gasteiger charge is 2.20. The monoisotopic (exact) mass is 285 g/mol. The normalized spacial score (nSPS) is 10.9. The molecule has 0 spiro atoms. The first-order chi connectivity index (χ1) is 9.97. The summed E-state index contributed by atoms with van der Waals surface area (Å²) in [5.41, 5.74) is 2.65. The molecule has 0 saturated carbocycles. The van der Waals surface area contributed by atoms with Crippen LogP contribution in [0, 0.1) is 12.8 Å². The molecule has 1 heterocycles. The van der Waals surface area contributed by atoms with E-state index in [1.54, 1.807) is 4.68 Å². The fourth-order valence-electron chi connectivity index (χ4n) is 2.29. The molecule has 0 aliphatic heterocycles. The molecule has 0 aliphatic carbocycles. The predicted molar refractivity (Wildman–Crippen MR) is 84.0 cm³/mol. The predicted octanol–water partition coefficient (Wildman–Crippen LogP) is 3.03. The highest BCUT2D eigenvalue weighted by Crippen LogP contribution is 2.12. The van der Waals surface area contributed by atoms with E-state index >= 15 is 0 Å². The fraction of sp³-hybridized carbons (Fsp3) is 0.412. The van der Waals surface area contributed by atoms with Gasteiger partial charge in [0.05, 0.1) is 0 Å². The lowest BCUT2D eigenvalue weighted by Gasteiger charge is -2.24. The number of aryl methyl sites for hydroxylation is 2. The first-order valence-electron chi connectivity index (χ1n) is 7.31. The van der Waals surface area contributed by atoms with Crippen LogP contribution in [-0.2, 0) is 13.6 Å². The van der Waals surface area contributed by atoms with Gasteiger partial charge in [-0.2, -0.15) is 5.10 Å². The van der Waals surface area contributed by atoms with E-state index in [1.807, 2.05) is 55.3 Å².